The van der Waals surface area contributed by atoms with Gasteiger partial charge >= 0.3 is 6.36 Å². The minimum absolute atomic E-state index is 0.0259. The van der Waals surface area contributed by atoms with Crippen LogP contribution in [-0.2, 0) is 11.2 Å². The van der Waals surface area contributed by atoms with Gasteiger partial charge in [-0.15, -0.1) is 13.2 Å². The van der Waals surface area contributed by atoms with Gasteiger partial charge in [-0.1, -0.05) is 12.1 Å². The van der Waals surface area contributed by atoms with Crippen molar-refractivity contribution in [1.82, 2.24) is 4.90 Å². The third kappa shape index (κ3) is 4.14. The monoisotopic (exact) mass is 397 g/mol. The smallest absolute Gasteiger partial charge is 0.406 e. The fourth-order valence-electron chi connectivity index (χ4n) is 5.30. The maximum absolute atomic E-state index is 12.5. The van der Waals surface area contributed by atoms with E-state index in [2.05, 4.69) is 4.74 Å². The summed E-state index contributed by atoms with van der Waals surface area (Å²) in [5, 5.41) is 9.82. The highest BCUT2D eigenvalue weighted by molar-refractivity contribution is 5.81. The van der Waals surface area contributed by atoms with Gasteiger partial charge in [-0.25, -0.2) is 0 Å². The first-order chi connectivity index (χ1) is 13.0. The number of likely N-dealkylation sites (tertiary alicyclic amines) is 1. The van der Waals surface area contributed by atoms with Crippen LogP contribution in [-0.4, -0.2) is 41.0 Å². The van der Waals surface area contributed by atoms with E-state index in [1.54, 1.807) is 19.1 Å². The van der Waals surface area contributed by atoms with Gasteiger partial charge in [-0.05, 0) is 69.1 Å². The number of ether oxygens (including phenoxy) is 1. The van der Waals surface area contributed by atoms with Gasteiger partial charge in [0.15, 0.2) is 0 Å². The van der Waals surface area contributed by atoms with E-state index in [1.807, 2.05) is 4.90 Å². The van der Waals surface area contributed by atoms with Crippen LogP contribution in [0.15, 0.2) is 24.3 Å². The molecule has 1 aromatic carbocycles. The molecule has 0 aromatic heterocycles. The van der Waals surface area contributed by atoms with Crippen LogP contribution in [0.3, 0.4) is 0 Å². The number of benzene rings is 1. The largest absolute Gasteiger partial charge is 0.573 e. The highest BCUT2D eigenvalue weighted by Crippen LogP contribution is 2.50. The van der Waals surface area contributed by atoms with E-state index in [1.165, 1.54) is 12.1 Å². The SMILES string of the molecule is C[C@]1(O)C[C@@H](C(=O)N2CC3(CC[C@@H](Cc4ccc(OC(F)(F)F)cc4)C3)C2)C1. The number of aliphatic hydroxyl groups is 1. The maximum atomic E-state index is 12.5. The maximum Gasteiger partial charge on any atom is 0.573 e. The molecule has 2 saturated carbocycles. The van der Waals surface area contributed by atoms with Crippen LogP contribution in [0.5, 0.6) is 5.75 Å². The van der Waals surface area contributed by atoms with Gasteiger partial charge < -0.3 is 14.7 Å². The van der Waals surface area contributed by atoms with E-state index in [0.717, 1.165) is 44.3 Å². The molecule has 1 spiro atoms. The van der Waals surface area contributed by atoms with E-state index in [-0.39, 0.29) is 23.0 Å². The van der Waals surface area contributed by atoms with Gasteiger partial charge in [0, 0.05) is 24.4 Å². The molecule has 4 nitrogen and oxygen atoms in total. The fourth-order valence-corrected chi connectivity index (χ4v) is 5.30. The topological polar surface area (TPSA) is 49.8 Å². The van der Waals surface area contributed by atoms with Gasteiger partial charge in [0.2, 0.25) is 5.91 Å². The number of carbonyl (C=O) groups excluding carboxylic acids is 1. The summed E-state index contributed by atoms with van der Waals surface area (Å²) in [6.45, 7) is 3.39. The van der Waals surface area contributed by atoms with Gasteiger partial charge in [-0.2, -0.15) is 0 Å². The van der Waals surface area contributed by atoms with Crippen molar-refractivity contribution in [2.24, 2.45) is 17.3 Å². The van der Waals surface area contributed by atoms with Crippen LogP contribution in [0.1, 0.15) is 44.6 Å². The zero-order valence-corrected chi connectivity index (χ0v) is 16.0. The average Bonchev–Trinajstić information content (AvgIpc) is 2.95. The molecule has 3 aliphatic rings. The Hall–Kier alpha value is -1.76. The third-order valence-electron chi connectivity index (χ3n) is 6.57. The first-order valence-corrected chi connectivity index (χ1v) is 9.89. The molecule has 28 heavy (non-hydrogen) atoms. The minimum atomic E-state index is -4.66. The summed E-state index contributed by atoms with van der Waals surface area (Å²) in [7, 11) is 0. The van der Waals surface area contributed by atoms with Gasteiger partial charge in [-0.3, -0.25) is 4.79 Å². The Morgan fingerprint density at radius 2 is 1.86 bits per heavy atom. The van der Waals surface area contributed by atoms with E-state index in [0.29, 0.717) is 18.8 Å². The van der Waals surface area contributed by atoms with Crippen molar-refractivity contribution < 1.29 is 27.8 Å². The standard InChI is InChI=1S/C21H26F3NO3/c1-19(27)10-16(11-19)18(26)25-12-20(13-25)7-6-15(9-20)8-14-2-4-17(5-3-14)28-21(22,23)24/h2-5,15-16,27H,6-13H2,1H3/t15-,16-,19+/m0/s1. The average molecular weight is 397 g/mol. The first-order valence-electron chi connectivity index (χ1n) is 9.89. The van der Waals surface area contributed by atoms with E-state index in [9.17, 15) is 23.1 Å². The van der Waals surface area contributed by atoms with E-state index < -0.39 is 12.0 Å². The Balaban J connectivity index is 1.25. The zero-order valence-electron chi connectivity index (χ0n) is 16.0. The second kappa shape index (κ2) is 6.65. The molecule has 7 heteroatoms. The van der Waals surface area contributed by atoms with Crippen LogP contribution in [0.25, 0.3) is 0 Å². The molecular formula is C21H26F3NO3. The number of amides is 1. The van der Waals surface area contributed by atoms with Crippen molar-refractivity contribution in [3.63, 3.8) is 0 Å². The molecule has 154 valence electrons. The second-order valence-corrected chi connectivity index (χ2v) is 9.30. The summed E-state index contributed by atoms with van der Waals surface area (Å²) in [5.74, 6) is 0.459. The molecule has 2 aliphatic carbocycles. The van der Waals surface area contributed by atoms with Crippen LogP contribution in [0.2, 0.25) is 0 Å². The van der Waals surface area contributed by atoms with Crippen molar-refractivity contribution in [2.45, 2.75) is 57.4 Å². The summed E-state index contributed by atoms with van der Waals surface area (Å²) in [6.07, 6.45) is 0.535. The van der Waals surface area contributed by atoms with E-state index in [4.69, 9.17) is 0 Å². The number of halogens is 3. The quantitative estimate of drug-likeness (QED) is 0.838. The normalized spacial score (nSPS) is 31.4. The highest BCUT2D eigenvalue weighted by Gasteiger charge is 2.52. The highest BCUT2D eigenvalue weighted by atomic mass is 19.4. The molecule has 0 unspecified atom stereocenters. The van der Waals surface area contributed by atoms with Crippen molar-refractivity contribution in [3.8, 4) is 5.75 Å². The van der Waals surface area contributed by atoms with Crippen LogP contribution < -0.4 is 4.74 Å². The first kappa shape index (κ1) is 19.6. The number of nitrogens with zero attached hydrogens (tertiary/aromatic N) is 1. The van der Waals surface area contributed by atoms with Crippen molar-refractivity contribution >= 4 is 5.91 Å². The Morgan fingerprint density at radius 3 is 2.43 bits per heavy atom. The molecule has 1 N–H and O–H groups in total. The second-order valence-electron chi connectivity index (χ2n) is 9.30. The third-order valence-corrected chi connectivity index (χ3v) is 6.57. The van der Waals surface area contributed by atoms with Crippen molar-refractivity contribution in [2.75, 3.05) is 13.1 Å². The molecule has 1 heterocycles. The number of carbonyl (C=O) groups is 1. The lowest BCUT2D eigenvalue weighted by atomic mass is 9.69. The number of alkyl halides is 3. The molecule has 1 amide bonds. The summed E-state index contributed by atoms with van der Waals surface area (Å²) < 4.78 is 40.6. The van der Waals surface area contributed by atoms with Gasteiger partial charge in [0.1, 0.15) is 5.75 Å². The van der Waals surface area contributed by atoms with Crippen molar-refractivity contribution in [1.29, 1.82) is 0 Å². The molecule has 3 fully saturated rings. The van der Waals surface area contributed by atoms with Crippen LogP contribution in [0.4, 0.5) is 13.2 Å². The Kier molecular flexibility index (Phi) is 4.64. The van der Waals surface area contributed by atoms with Crippen molar-refractivity contribution in [3.05, 3.63) is 29.8 Å². The molecule has 0 bridgehead atoms. The molecular weight excluding hydrogens is 371 g/mol. The molecule has 1 aromatic rings. The van der Waals surface area contributed by atoms with Crippen LogP contribution in [0, 0.1) is 17.3 Å². The Bertz CT molecular complexity index is 730. The molecule has 1 aliphatic heterocycles. The summed E-state index contributed by atoms with van der Waals surface area (Å²) >= 11 is 0. The number of hydrogen-bond acceptors (Lipinski definition) is 3. The van der Waals surface area contributed by atoms with Gasteiger partial charge in [0.05, 0.1) is 5.60 Å². The number of hydrogen-bond donors (Lipinski definition) is 1. The molecule has 1 saturated heterocycles. The lowest BCUT2D eigenvalue weighted by molar-refractivity contribution is -0.274. The summed E-state index contributed by atoms with van der Waals surface area (Å²) in [4.78, 5) is 14.4. The fraction of sp³-hybridized carbons (Fsp3) is 0.667. The zero-order chi connectivity index (χ0) is 20.2. The minimum Gasteiger partial charge on any atom is -0.406 e. The van der Waals surface area contributed by atoms with E-state index >= 15 is 0 Å². The lowest BCUT2D eigenvalue weighted by Crippen LogP contribution is -2.61. The molecule has 1 atom stereocenters. The number of rotatable bonds is 4. The summed E-state index contributed by atoms with van der Waals surface area (Å²) in [5.41, 5.74) is 0.550. The lowest BCUT2D eigenvalue weighted by Gasteiger charge is -2.52. The molecule has 4 rings (SSSR count). The Labute approximate surface area is 162 Å². The van der Waals surface area contributed by atoms with Gasteiger partial charge in [0.25, 0.3) is 0 Å². The predicted molar refractivity (Wildman–Crippen MR) is 96.5 cm³/mol. The Morgan fingerprint density at radius 1 is 1.21 bits per heavy atom. The summed E-state index contributed by atoms with van der Waals surface area (Å²) in [6, 6.07) is 6.13. The molecule has 0 radical (unpaired) electrons. The van der Waals surface area contributed by atoms with Crippen LogP contribution >= 0.6 is 0 Å². The predicted octanol–water partition coefficient (Wildman–Crippen LogP) is 3.92.